The quantitative estimate of drug-likeness (QED) is 0.759. The Morgan fingerprint density at radius 2 is 1.85 bits per heavy atom. The van der Waals surface area contributed by atoms with Gasteiger partial charge in [-0.3, -0.25) is 4.79 Å². The summed E-state index contributed by atoms with van der Waals surface area (Å²) in [6, 6.07) is 5.65. The highest BCUT2D eigenvalue weighted by molar-refractivity contribution is 6.42. The molecule has 0 bridgehead atoms. The van der Waals surface area contributed by atoms with Gasteiger partial charge in [-0.05, 0) is 69.6 Å². The smallest absolute Gasteiger partial charge is 0.226 e. The lowest BCUT2D eigenvalue weighted by molar-refractivity contribution is -0.137. The van der Waals surface area contributed by atoms with E-state index in [1.807, 2.05) is 23.1 Å². The van der Waals surface area contributed by atoms with Crippen molar-refractivity contribution in [1.82, 2.24) is 15.1 Å². The van der Waals surface area contributed by atoms with Crippen LogP contribution >= 0.6 is 35.6 Å². The van der Waals surface area contributed by atoms with Crippen LogP contribution in [0.25, 0.3) is 0 Å². The summed E-state index contributed by atoms with van der Waals surface area (Å²) in [6.45, 7) is 6.52. The Morgan fingerprint density at radius 3 is 2.50 bits per heavy atom. The van der Waals surface area contributed by atoms with E-state index in [0.29, 0.717) is 16.6 Å². The third kappa shape index (κ3) is 6.00. The van der Waals surface area contributed by atoms with Gasteiger partial charge in [-0.2, -0.15) is 0 Å². The van der Waals surface area contributed by atoms with Gasteiger partial charge in [-0.25, -0.2) is 0 Å². The molecule has 26 heavy (non-hydrogen) atoms. The molecule has 1 aromatic rings. The molecule has 1 N–H and O–H groups in total. The highest BCUT2D eigenvalue weighted by atomic mass is 35.5. The highest BCUT2D eigenvalue weighted by Gasteiger charge is 2.26. The van der Waals surface area contributed by atoms with Crippen LogP contribution < -0.4 is 5.32 Å². The molecular weight excluding hydrogens is 393 g/mol. The Bertz CT molecular complexity index is 587. The van der Waals surface area contributed by atoms with Gasteiger partial charge in [0, 0.05) is 25.6 Å². The molecule has 0 unspecified atom stereocenters. The van der Waals surface area contributed by atoms with E-state index in [1.165, 1.54) is 12.8 Å². The molecular formula is C19H28Cl3N3O. The van der Waals surface area contributed by atoms with Crippen LogP contribution in [0, 0.1) is 5.92 Å². The van der Waals surface area contributed by atoms with Gasteiger partial charge in [-0.1, -0.05) is 29.3 Å². The molecule has 0 radical (unpaired) electrons. The molecule has 0 aromatic heterocycles. The second-order valence-electron chi connectivity index (χ2n) is 7.08. The second kappa shape index (κ2) is 10.7. The lowest BCUT2D eigenvalue weighted by Crippen LogP contribution is -2.43. The van der Waals surface area contributed by atoms with E-state index < -0.39 is 0 Å². The van der Waals surface area contributed by atoms with Crippen LogP contribution in [-0.4, -0.2) is 55.0 Å². The number of nitrogens with one attached hydrogen (secondary N) is 1. The molecule has 2 heterocycles. The van der Waals surface area contributed by atoms with Crippen molar-refractivity contribution in [1.29, 1.82) is 0 Å². The first-order valence-corrected chi connectivity index (χ1v) is 10.0. The van der Waals surface area contributed by atoms with Crippen LogP contribution in [0.1, 0.15) is 31.2 Å². The van der Waals surface area contributed by atoms with Gasteiger partial charge >= 0.3 is 0 Å². The Labute approximate surface area is 172 Å². The van der Waals surface area contributed by atoms with Crippen LogP contribution in [0.3, 0.4) is 0 Å². The van der Waals surface area contributed by atoms with Gasteiger partial charge in [-0.15, -0.1) is 12.4 Å². The molecule has 4 nitrogen and oxygen atoms in total. The van der Waals surface area contributed by atoms with Crippen LogP contribution in [0.5, 0.6) is 0 Å². The Hall–Kier alpha value is -0.520. The van der Waals surface area contributed by atoms with Crippen molar-refractivity contribution in [2.75, 3.05) is 39.3 Å². The van der Waals surface area contributed by atoms with Gasteiger partial charge in [0.1, 0.15) is 0 Å². The normalized spacial score (nSPS) is 18.5. The fourth-order valence-electron chi connectivity index (χ4n) is 3.72. The van der Waals surface area contributed by atoms with E-state index >= 15 is 0 Å². The monoisotopic (exact) mass is 419 g/mol. The van der Waals surface area contributed by atoms with E-state index in [0.717, 1.165) is 57.7 Å². The molecule has 0 atom stereocenters. The van der Waals surface area contributed by atoms with E-state index in [9.17, 15) is 4.79 Å². The van der Waals surface area contributed by atoms with Gasteiger partial charge in [0.25, 0.3) is 0 Å². The first-order valence-electron chi connectivity index (χ1n) is 9.29. The number of carbonyl (C=O) groups excluding carboxylic acids is 1. The predicted octanol–water partition coefficient (Wildman–Crippen LogP) is 3.84. The summed E-state index contributed by atoms with van der Waals surface area (Å²) in [5.41, 5.74) is 1.04. The van der Waals surface area contributed by atoms with Crippen LogP contribution in [0.15, 0.2) is 18.2 Å². The Morgan fingerprint density at radius 1 is 1.15 bits per heavy atom. The van der Waals surface area contributed by atoms with Crippen molar-refractivity contribution >= 4 is 41.5 Å². The molecule has 1 aromatic carbocycles. The SMILES string of the molecule is Cl.O=C(C1CCNCC1)N(CCN1CCCC1)Cc1ccc(Cl)c(Cl)c1. The maximum Gasteiger partial charge on any atom is 0.226 e. The molecule has 0 aliphatic carbocycles. The third-order valence-corrected chi connectivity index (χ3v) is 5.98. The maximum absolute atomic E-state index is 13.1. The van der Waals surface area contributed by atoms with Crippen molar-refractivity contribution in [2.45, 2.75) is 32.2 Å². The Balaban J connectivity index is 0.00000243. The fourth-order valence-corrected chi connectivity index (χ4v) is 4.04. The molecule has 0 saturated carbocycles. The van der Waals surface area contributed by atoms with Gasteiger partial charge in [0.15, 0.2) is 0 Å². The molecule has 0 spiro atoms. The fraction of sp³-hybridized carbons (Fsp3) is 0.632. The summed E-state index contributed by atoms with van der Waals surface area (Å²) in [5, 5.41) is 4.44. The zero-order chi connectivity index (χ0) is 17.6. The predicted molar refractivity (Wildman–Crippen MR) is 110 cm³/mol. The Kier molecular flexibility index (Phi) is 8.98. The minimum Gasteiger partial charge on any atom is -0.337 e. The summed E-state index contributed by atoms with van der Waals surface area (Å²) in [4.78, 5) is 17.6. The lowest BCUT2D eigenvalue weighted by atomic mass is 9.96. The number of nitrogens with zero attached hydrogens (tertiary/aromatic N) is 2. The number of benzene rings is 1. The van der Waals surface area contributed by atoms with Gasteiger partial charge in [0.05, 0.1) is 10.0 Å². The van der Waals surface area contributed by atoms with Gasteiger partial charge < -0.3 is 15.1 Å². The molecule has 2 fully saturated rings. The summed E-state index contributed by atoms with van der Waals surface area (Å²) in [6.07, 6.45) is 4.41. The van der Waals surface area contributed by atoms with E-state index in [2.05, 4.69) is 10.2 Å². The number of piperidine rings is 1. The van der Waals surface area contributed by atoms with Crippen molar-refractivity contribution < 1.29 is 4.79 Å². The number of carbonyl (C=O) groups is 1. The minimum absolute atomic E-state index is 0. The van der Waals surface area contributed by atoms with Crippen LogP contribution in [-0.2, 0) is 11.3 Å². The summed E-state index contributed by atoms with van der Waals surface area (Å²) in [7, 11) is 0. The zero-order valence-electron chi connectivity index (χ0n) is 15.1. The van der Waals surface area contributed by atoms with E-state index in [1.54, 1.807) is 0 Å². The van der Waals surface area contributed by atoms with Crippen molar-refractivity contribution in [3.05, 3.63) is 33.8 Å². The van der Waals surface area contributed by atoms with Crippen molar-refractivity contribution in [2.24, 2.45) is 5.92 Å². The van der Waals surface area contributed by atoms with Crippen molar-refractivity contribution in [3.63, 3.8) is 0 Å². The number of amides is 1. The second-order valence-corrected chi connectivity index (χ2v) is 7.90. The molecule has 2 aliphatic rings. The third-order valence-electron chi connectivity index (χ3n) is 5.24. The topological polar surface area (TPSA) is 35.6 Å². The molecule has 7 heteroatoms. The average molecular weight is 421 g/mol. The lowest BCUT2D eigenvalue weighted by Gasteiger charge is -2.31. The first kappa shape index (κ1) is 21.8. The largest absolute Gasteiger partial charge is 0.337 e. The van der Waals surface area contributed by atoms with Crippen LogP contribution in [0.4, 0.5) is 0 Å². The molecule has 146 valence electrons. The number of hydrogen-bond acceptors (Lipinski definition) is 3. The first-order chi connectivity index (χ1) is 12.1. The van der Waals surface area contributed by atoms with Gasteiger partial charge in [0.2, 0.25) is 5.91 Å². The zero-order valence-corrected chi connectivity index (χ0v) is 17.4. The van der Waals surface area contributed by atoms with Crippen LogP contribution in [0.2, 0.25) is 10.0 Å². The van der Waals surface area contributed by atoms with E-state index in [-0.39, 0.29) is 24.2 Å². The number of rotatable bonds is 6. The molecule has 1 amide bonds. The number of likely N-dealkylation sites (tertiary alicyclic amines) is 1. The molecule has 3 rings (SSSR count). The van der Waals surface area contributed by atoms with E-state index in [4.69, 9.17) is 23.2 Å². The summed E-state index contributed by atoms with van der Waals surface area (Å²) >= 11 is 12.2. The summed E-state index contributed by atoms with van der Waals surface area (Å²) < 4.78 is 0. The number of halogens is 3. The maximum atomic E-state index is 13.1. The van der Waals surface area contributed by atoms with Crippen molar-refractivity contribution in [3.8, 4) is 0 Å². The molecule has 2 saturated heterocycles. The molecule has 2 aliphatic heterocycles. The number of hydrogen-bond donors (Lipinski definition) is 1. The summed E-state index contributed by atoms with van der Waals surface area (Å²) in [5.74, 6) is 0.425. The highest BCUT2D eigenvalue weighted by Crippen LogP contribution is 2.24. The average Bonchev–Trinajstić information content (AvgIpc) is 3.15. The minimum atomic E-state index is 0. The standard InChI is InChI=1S/C19H27Cl2N3O.ClH/c20-17-4-3-15(13-18(17)21)14-24(12-11-23-9-1-2-10-23)19(25)16-5-7-22-8-6-16;/h3-4,13,16,22H,1-2,5-12,14H2;1H.